The van der Waals surface area contributed by atoms with Crippen LogP contribution in [-0.2, 0) is 0 Å². The van der Waals surface area contributed by atoms with Crippen molar-refractivity contribution in [3.05, 3.63) is 66.0 Å². The number of hydrogen-bond donors (Lipinski definition) is 1. The number of nitrogens with one attached hydrogen (secondary N) is 1. The third-order valence-electron chi connectivity index (χ3n) is 2.53. The normalized spacial score (nSPS) is 10.2. The third kappa shape index (κ3) is 4.03. The second-order valence-corrected chi connectivity index (χ2v) is 6.27. The summed E-state index contributed by atoms with van der Waals surface area (Å²) >= 11 is 12.3. The number of hydrogen-bond acceptors (Lipinski definition) is 3. The van der Waals surface area contributed by atoms with Gasteiger partial charge in [-0.05, 0) is 30.3 Å². The Hall–Kier alpha value is -1.44. The summed E-state index contributed by atoms with van der Waals surface area (Å²) in [6, 6.07) is 9.17. The molecule has 0 aliphatic heterocycles. The highest BCUT2D eigenvalue weighted by molar-refractivity contribution is 9.11. The minimum atomic E-state index is -0.603. The van der Waals surface area contributed by atoms with Crippen molar-refractivity contribution in [1.29, 1.82) is 0 Å². The van der Waals surface area contributed by atoms with Crippen molar-refractivity contribution in [3.8, 4) is 0 Å². The van der Waals surface area contributed by atoms with Crippen LogP contribution in [0.1, 0.15) is 10.4 Å². The van der Waals surface area contributed by atoms with Crippen molar-refractivity contribution in [3.63, 3.8) is 0 Å². The van der Waals surface area contributed by atoms with Crippen LogP contribution in [-0.4, -0.2) is 10.8 Å². The maximum atomic E-state index is 12.1. The Morgan fingerprint density at radius 1 is 1.14 bits per heavy atom. The summed E-state index contributed by atoms with van der Waals surface area (Å²) in [5.74, 6) is -0.381. The molecule has 0 fully saturated rings. The van der Waals surface area contributed by atoms with Gasteiger partial charge >= 0.3 is 0 Å². The van der Waals surface area contributed by atoms with E-state index in [0.29, 0.717) is 11.3 Å². The molecule has 108 valence electrons. The highest BCUT2D eigenvalue weighted by Crippen LogP contribution is 2.28. The van der Waals surface area contributed by atoms with Gasteiger partial charge in [-0.3, -0.25) is 14.9 Å². The van der Waals surface area contributed by atoms with Crippen molar-refractivity contribution in [1.82, 2.24) is 0 Å². The van der Waals surface area contributed by atoms with Gasteiger partial charge in [0.1, 0.15) is 5.02 Å². The van der Waals surface area contributed by atoms with Gasteiger partial charge in [0.25, 0.3) is 11.6 Å². The van der Waals surface area contributed by atoms with Gasteiger partial charge in [-0.15, -0.1) is 0 Å². The SMILES string of the molecule is O=C(Nc1ccc(Cl)c([N+](=O)[O-])c1)c1cc(Br)cc(Br)c1. The van der Waals surface area contributed by atoms with Crippen LogP contribution in [0.3, 0.4) is 0 Å². The number of anilines is 1. The topological polar surface area (TPSA) is 72.2 Å². The first kappa shape index (κ1) is 15.9. The number of nitrogens with zero attached hydrogens (tertiary/aromatic N) is 1. The molecule has 5 nitrogen and oxygen atoms in total. The van der Waals surface area contributed by atoms with Gasteiger partial charge in [0.15, 0.2) is 0 Å². The summed E-state index contributed by atoms with van der Waals surface area (Å²) in [5, 5.41) is 13.4. The second kappa shape index (κ2) is 6.55. The molecule has 0 spiro atoms. The van der Waals surface area contributed by atoms with Crippen molar-refractivity contribution in [2.75, 3.05) is 5.32 Å². The quantitative estimate of drug-likeness (QED) is 0.544. The van der Waals surface area contributed by atoms with E-state index in [1.165, 1.54) is 18.2 Å². The summed E-state index contributed by atoms with van der Waals surface area (Å²) in [6.45, 7) is 0. The van der Waals surface area contributed by atoms with Gasteiger partial charge in [0, 0.05) is 26.3 Å². The number of amides is 1. The van der Waals surface area contributed by atoms with E-state index in [1.807, 2.05) is 0 Å². The monoisotopic (exact) mass is 432 g/mol. The molecule has 0 aliphatic carbocycles. The largest absolute Gasteiger partial charge is 0.322 e. The molecule has 0 bridgehead atoms. The predicted octanol–water partition coefficient (Wildman–Crippen LogP) is 5.03. The van der Waals surface area contributed by atoms with Gasteiger partial charge in [-0.1, -0.05) is 43.5 Å². The van der Waals surface area contributed by atoms with E-state index in [-0.39, 0.29) is 16.6 Å². The van der Waals surface area contributed by atoms with Crippen molar-refractivity contribution < 1.29 is 9.72 Å². The highest BCUT2D eigenvalue weighted by Gasteiger charge is 2.15. The Labute approximate surface area is 141 Å². The third-order valence-corrected chi connectivity index (χ3v) is 3.76. The number of carbonyl (C=O) groups excluding carboxylic acids is 1. The lowest BCUT2D eigenvalue weighted by molar-refractivity contribution is -0.384. The Morgan fingerprint density at radius 2 is 1.76 bits per heavy atom. The molecule has 0 saturated carbocycles. The molecule has 0 atom stereocenters. The van der Waals surface area contributed by atoms with Gasteiger partial charge in [-0.25, -0.2) is 0 Å². The zero-order valence-corrected chi connectivity index (χ0v) is 14.2. The molecule has 0 aromatic heterocycles. The summed E-state index contributed by atoms with van der Waals surface area (Å²) in [7, 11) is 0. The van der Waals surface area contributed by atoms with E-state index < -0.39 is 4.92 Å². The Kier molecular flexibility index (Phi) is 4.97. The molecule has 0 heterocycles. The fraction of sp³-hybridized carbons (Fsp3) is 0. The minimum Gasteiger partial charge on any atom is -0.322 e. The van der Waals surface area contributed by atoms with Crippen LogP contribution in [0.5, 0.6) is 0 Å². The zero-order chi connectivity index (χ0) is 15.6. The molecule has 1 amide bonds. The lowest BCUT2D eigenvalue weighted by Crippen LogP contribution is -2.12. The molecular weight excluding hydrogens is 427 g/mol. The molecule has 21 heavy (non-hydrogen) atoms. The van der Waals surface area contributed by atoms with Crippen LogP contribution in [0.25, 0.3) is 0 Å². The Bertz CT molecular complexity index is 717. The van der Waals surface area contributed by atoms with Crippen LogP contribution in [0.15, 0.2) is 45.3 Å². The van der Waals surface area contributed by atoms with Crippen LogP contribution in [0.2, 0.25) is 5.02 Å². The average Bonchev–Trinajstić information content (AvgIpc) is 2.39. The first-order valence-corrected chi connectivity index (χ1v) is 7.54. The smallest absolute Gasteiger partial charge is 0.289 e. The Morgan fingerprint density at radius 3 is 2.33 bits per heavy atom. The van der Waals surface area contributed by atoms with Gasteiger partial charge in [-0.2, -0.15) is 0 Å². The molecule has 0 radical (unpaired) electrons. The van der Waals surface area contributed by atoms with E-state index in [9.17, 15) is 14.9 Å². The van der Waals surface area contributed by atoms with E-state index in [0.717, 1.165) is 8.95 Å². The van der Waals surface area contributed by atoms with Gasteiger partial charge in [0.05, 0.1) is 4.92 Å². The van der Waals surface area contributed by atoms with Gasteiger partial charge < -0.3 is 5.32 Å². The van der Waals surface area contributed by atoms with Crippen LogP contribution >= 0.6 is 43.5 Å². The molecule has 1 N–H and O–H groups in total. The molecule has 8 heteroatoms. The lowest BCUT2D eigenvalue weighted by atomic mass is 10.2. The van der Waals surface area contributed by atoms with E-state index in [4.69, 9.17) is 11.6 Å². The summed E-state index contributed by atoms with van der Waals surface area (Å²) < 4.78 is 1.48. The molecule has 2 aromatic carbocycles. The number of nitro benzene ring substituents is 1. The number of rotatable bonds is 3. The molecule has 0 unspecified atom stereocenters. The van der Waals surface area contributed by atoms with Crippen molar-refractivity contribution in [2.24, 2.45) is 0 Å². The first-order valence-electron chi connectivity index (χ1n) is 5.58. The zero-order valence-electron chi connectivity index (χ0n) is 10.3. The highest BCUT2D eigenvalue weighted by atomic mass is 79.9. The molecule has 2 aromatic rings. The second-order valence-electron chi connectivity index (χ2n) is 4.04. The molecular formula is C13H7Br2ClN2O3. The van der Waals surface area contributed by atoms with Crippen LogP contribution in [0, 0.1) is 10.1 Å². The summed E-state index contributed by atoms with van der Waals surface area (Å²) in [4.78, 5) is 22.3. The molecule has 2 rings (SSSR count). The number of nitro groups is 1. The summed E-state index contributed by atoms with van der Waals surface area (Å²) in [5.41, 5.74) is 0.450. The minimum absolute atomic E-state index is 0.0169. The average molecular weight is 434 g/mol. The van der Waals surface area contributed by atoms with E-state index in [2.05, 4.69) is 37.2 Å². The lowest BCUT2D eigenvalue weighted by Gasteiger charge is -2.07. The molecule has 0 saturated heterocycles. The van der Waals surface area contributed by atoms with E-state index >= 15 is 0 Å². The number of benzene rings is 2. The maximum Gasteiger partial charge on any atom is 0.289 e. The standard InChI is InChI=1S/C13H7Br2ClN2O3/c14-8-3-7(4-9(15)5-8)13(19)17-10-1-2-11(16)12(6-10)18(20)21/h1-6H,(H,17,19). The van der Waals surface area contributed by atoms with Crippen molar-refractivity contribution >= 4 is 60.7 Å². The van der Waals surface area contributed by atoms with Crippen LogP contribution < -0.4 is 5.32 Å². The fourth-order valence-corrected chi connectivity index (χ4v) is 3.10. The fourth-order valence-electron chi connectivity index (χ4n) is 1.62. The summed E-state index contributed by atoms with van der Waals surface area (Å²) in [6.07, 6.45) is 0. The molecule has 0 aliphatic rings. The van der Waals surface area contributed by atoms with E-state index in [1.54, 1.807) is 18.2 Å². The predicted molar refractivity (Wildman–Crippen MR) is 87.9 cm³/mol. The first-order chi connectivity index (χ1) is 9.86. The van der Waals surface area contributed by atoms with Crippen molar-refractivity contribution in [2.45, 2.75) is 0 Å². The van der Waals surface area contributed by atoms with Gasteiger partial charge in [0.2, 0.25) is 0 Å². The maximum absolute atomic E-state index is 12.1. The van der Waals surface area contributed by atoms with Crippen LogP contribution in [0.4, 0.5) is 11.4 Å². The number of halogens is 3. The number of carbonyl (C=O) groups is 1. The Balaban J connectivity index is 2.27.